The van der Waals surface area contributed by atoms with E-state index in [0.717, 1.165) is 10.6 Å². The van der Waals surface area contributed by atoms with Crippen LogP contribution in [0, 0.1) is 0 Å². The van der Waals surface area contributed by atoms with Crippen LogP contribution in [0.1, 0.15) is 6.92 Å². The van der Waals surface area contributed by atoms with E-state index in [1.165, 1.54) is 18.7 Å². The molecule has 1 aromatic rings. The highest BCUT2D eigenvalue weighted by molar-refractivity contribution is 8.00. The first-order valence-electron chi connectivity index (χ1n) is 6.41. The molecule has 1 aromatic carbocycles. The summed E-state index contributed by atoms with van der Waals surface area (Å²) in [6.45, 7) is 5.38. The molecule has 1 rings (SSSR count). The zero-order valence-electron chi connectivity index (χ0n) is 12.1. The predicted molar refractivity (Wildman–Crippen MR) is 82.5 cm³/mol. The molecule has 0 bridgehead atoms. The normalized spacial score (nSPS) is 11.3. The van der Waals surface area contributed by atoms with Gasteiger partial charge in [0.25, 0.3) is 5.91 Å². The Labute approximate surface area is 128 Å². The summed E-state index contributed by atoms with van der Waals surface area (Å²) in [5.74, 6) is 0.134. The number of ether oxygens (including phenoxy) is 2. The van der Waals surface area contributed by atoms with E-state index in [0.29, 0.717) is 6.54 Å². The lowest BCUT2D eigenvalue weighted by Gasteiger charge is -2.12. The van der Waals surface area contributed by atoms with Gasteiger partial charge in [-0.1, -0.05) is 6.08 Å². The van der Waals surface area contributed by atoms with Gasteiger partial charge in [0.2, 0.25) is 0 Å². The lowest BCUT2D eigenvalue weighted by molar-refractivity contribution is -0.152. The minimum atomic E-state index is -0.811. The second-order valence-electron chi connectivity index (χ2n) is 4.13. The van der Waals surface area contributed by atoms with Crippen LogP contribution in [0.2, 0.25) is 0 Å². The standard InChI is InChI=1S/C15H19NO4S/c1-4-9-16-15(18)11(2)20-14(17)10-21-13-7-5-12(19-3)6-8-13/h4-8,11H,1,9-10H2,2-3H3,(H,16,18)/t11-/m0/s1. The molecule has 1 atom stereocenters. The van der Waals surface area contributed by atoms with Gasteiger partial charge in [-0.3, -0.25) is 9.59 Å². The first-order valence-corrected chi connectivity index (χ1v) is 7.40. The molecule has 21 heavy (non-hydrogen) atoms. The summed E-state index contributed by atoms with van der Waals surface area (Å²) in [5.41, 5.74) is 0. The maximum absolute atomic E-state index is 11.7. The van der Waals surface area contributed by atoms with Crippen LogP contribution in [0.3, 0.4) is 0 Å². The van der Waals surface area contributed by atoms with Crippen molar-refractivity contribution < 1.29 is 19.1 Å². The van der Waals surface area contributed by atoms with E-state index in [-0.39, 0.29) is 11.7 Å². The number of rotatable bonds is 8. The molecule has 6 heteroatoms. The molecule has 0 radical (unpaired) electrons. The van der Waals surface area contributed by atoms with Gasteiger partial charge >= 0.3 is 5.97 Å². The quantitative estimate of drug-likeness (QED) is 0.452. The SMILES string of the molecule is C=CCNC(=O)[C@H](C)OC(=O)CSc1ccc(OC)cc1. The van der Waals surface area contributed by atoms with Crippen LogP contribution in [0.4, 0.5) is 0 Å². The molecule has 0 saturated heterocycles. The first kappa shape index (κ1) is 17.1. The average Bonchev–Trinajstić information content (AvgIpc) is 2.50. The number of hydrogen-bond donors (Lipinski definition) is 1. The maximum atomic E-state index is 11.7. The van der Waals surface area contributed by atoms with Crippen LogP contribution in [-0.4, -0.2) is 37.4 Å². The van der Waals surface area contributed by atoms with Crippen molar-refractivity contribution >= 4 is 23.6 Å². The highest BCUT2D eigenvalue weighted by Gasteiger charge is 2.16. The molecule has 114 valence electrons. The van der Waals surface area contributed by atoms with Gasteiger partial charge in [0.15, 0.2) is 6.10 Å². The summed E-state index contributed by atoms with van der Waals surface area (Å²) in [6.07, 6.45) is 0.750. The van der Waals surface area contributed by atoms with Crippen molar-refractivity contribution in [3.05, 3.63) is 36.9 Å². The Kier molecular flexibility index (Phi) is 7.39. The Balaban J connectivity index is 2.35. The Bertz CT molecular complexity index is 487. The van der Waals surface area contributed by atoms with Crippen LogP contribution in [0.25, 0.3) is 0 Å². The van der Waals surface area contributed by atoms with E-state index in [9.17, 15) is 9.59 Å². The fraction of sp³-hybridized carbons (Fsp3) is 0.333. The maximum Gasteiger partial charge on any atom is 0.317 e. The highest BCUT2D eigenvalue weighted by atomic mass is 32.2. The fourth-order valence-electron chi connectivity index (χ4n) is 1.42. The number of amides is 1. The third-order valence-corrected chi connectivity index (χ3v) is 3.50. The summed E-state index contributed by atoms with van der Waals surface area (Å²) >= 11 is 1.34. The highest BCUT2D eigenvalue weighted by Crippen LogP contribution is 2.21. The molecule has 0 fully saturated rings. The number of benzene rings is 1. The summed E-state index contributed by atoms with van der Waals surface area (Å²) in [5, 5.41) is 2.57. The lowest BCUT2D eigenvalue weighted by atomic mass is 10.3. The Morgan fingerprint density at radius 3 is 2.62 bits per heavy atom. The van der Waals surface area contributed by atoms with Gasteiger partial charge in [-0.25, -0.2) is 0 Å². The minimum Gasteiger partial charge on any atom is -0.497 e. The van der Waals surface area contributed by atoms with E-state index >= 15 is 0 Å². The van der Waals surface area contributed by atoms with Crippen LogP contribution >= 0.6 is 11.8 Å². The molecule has 0 aliphatic rings. The third kappa shape index (κ3) is 6.35. The van der Waals surface area contributed by atoms with Crippen molar-refractivity contribution in [2.24, 2.45) is 0 Å². The Morgan fingerprint density at radius 1 is 1.38 bits per heavy atom. The molecule has 1 amide bonds. The summed E-state index contributed by atoms with van der Waals surface area (Å²) in [6, 6.07) is 7.35. The molecule has 0 aliphatic heterocycles. The van der Waals surface area contributed by atoms with Gasteiger partial charge < -0.3 is 14.8 Å². The van der Waals surface area contributed by atoms with Crippen molar-refractivity contribution in [1.29, 1.82) is 0 Å². The number of carbonyl (C=O) groups excluding carboxylic acids is 2. The van der Waals surface area contributed by atoms with Crippen LogP contribution in [0.5, 0.6) is 5.75 Å². The smallest absolute Gasteiger partial charge is 0.317 e. The van der Waals surface area contributed by atoms with Crippen LogP contribution in [0.15, 0.2) is 41.8 Å². The van der Waals surface area contributed by atoms with E-state index in [1.807, 2.05) is 24.3 Å². The molecule has 0 spiro atoms. The monoisotopic (exact) mass is 309 g/mol. The number of carbonyl (C=O) groups is 2. The fourth-order valence-corrected chi connectivity index (χ4v) is 2.10. The van der Waals surface area contributed by atoms with E-state index in [4.69, 9.17) is 9.47 Å². The van der Waals surface area contributed by atoms with Gasteiger partial charge in [0.1, 0.15) is 5.75 Å². The summed E-state index contributed by atoms with van der Waals surface area (Å²) < 4.78 is 10.1. The molecule has 0 heterocycles. The lowest BCUT2D eigenvalue weighted by Crippen LogP contribution is -2.36. The molecular formula is C15H19NO4S. The molecular weight excluding hydrogens is 290 g/mol. The van der Waals surface area contributed by atoms with Crippen molar-refractivity contribution in [2.75, 3.05) is 19.4 Å². The number of thioether (sulfide) groups is 1. The van der Waals surface area contributed by atoms with Gasteiger partial charge in [-0.15, -0.1) is 18.3 Å². The molecule has 0 saturated carbocycles. The average molecular weight is 309 g/mol. The molecule has 0 aliphatic carbocycles. The zero-order chi connectivity index (χ0) is 15.7. The second-order valence-corrected chi connectivity index (χ2v) is 5.18. The van der Waals surface area contributed by atoms with Gasteiger partial charge in [0.05, 0.1) is 12.9 Å². The van der Waals surface area contributed by atoms with E-state index in [2.05, 4.69) is 11.9 Å². The largest absolute Gasteiger partial charge is 0.497 e. The minimum absolute atomic E-state index is 0.144. The molecule has 1 N–H and O–H groups in total. The third-order valence-electron chi connectivity index (χ3n) is 2.51. The molecule has 0 aromatic heterocycles. The number of methoxy groups -OCH3 is 1. The summed E-state index contributed by atoms with van der Waals surface area (Å²) in [4.78, 5) is 24.1. The van der Waals surface area contributed by atoms with Crippen LogP contribution < -0.4 is 10.1 Å². The van der Waals surface area contributed by atoms with Gasteiger partial charge in [-0.2, -0.15) is 0 Å². The second kappa shape index (κ2) is 9.07. The first-order chi connectivity index (χ1) is 10.1. The molecule has 5 nitrogen and oxygen atoms in total. The predicted octanol–water partition coefficient (Wildman–Crippen LogP) is 2.02. The summed E-state index contributed by atoms with van der Waals surface area (Å²) in [7, 11) is 1.60. The van der Waals surface area contributed by atoms with Crippen molar-refractivity contribution in [3.8, 4) is 5.75 Å². The number of esters is 1. The van der Waals surface area contributed by atoms with Crippen molar-refractivity contribution in [1.82, 2.24) is 5.32 Å². The van der Waals surface area contributed by atoms with Crippen molar-refractivity contribution in [3.63, 3.8) is 0 Å². The molecule has 0 unspecified atom stereocenters. The van der Waals surface area contributed by atoms with Crippen LogP contribution in [-0.2, 0) is 14.3 Å². The zero-order valence-corrected chi connectivity index (χ0v) is 12.9. The Hall–Kier alpha value is -1.95. The Morgan fingerprint density at radius 2 is 2.05 bits per heavy atom. The topological polar surface area (TPSA) is 64.6 Å². The number of hydrogen-bond acceptors (Lipinski definition) is 5. The van der Waals surface area contributed by atoms with Gasteiger partial charge in [0, 0.05) is 11.4 Å². The number of nitrogens with one attached hydrogen (secondary N) is 1. The van der Waals surface area contributed by atoms with Gasteiger partial charge in [-0.05, 0) is 31.2 Å². The van der Waals surface area contributed by atoms with Crippen molar-refractivity contribution in [2.45, 2.75) is 17.9 Å². The van der Waals surface area contributed by atoms with E-state index < -0.39 is 12.1 Å². The van der Waals surface area contributed by atoms with E-state index in [1.54, 1.807) is 13.2 Å².